The number of aliphatic hydroxyl groups is 1. The lowest BCUT2D eigenvalue weighted by atomic mass is 9.49. The molecule has 18 heteroatoms. The third-order valence-electron chi connectivity index (χ3n) is 9.89. The second kappa shape index (κ2) is 11.4. The van der Waals surface area contributed by atoms with E-state index in [1.165, 1.54) is 18.4 Å². The van der Waals surface area contributed by atoms with Crippen molar-refractivity contribution in [1.29, 1.82) is 0 Å². The summed E-state index contributed by atoms with van der Waals surface area (Å²) >= 11 is 0. The number of aliphatic carboxylic acids is 2. The monoisotopic (exact) mass is 699 g/mol. The molecule has 49 heavy (non-hydrogen) atoms. The lowest BCUT2D eigenvalue weighted by Crippen LogP contribution is -2.74. The molecule has 1 aromatic heterocycles. The number of carbonyl (C=O) groups is 2. The number of carboxylic acids is 2. The molecule has 3 aliphatic carbocycles. The Hall–Kier alpha value is -4.71. The number of H-pyrrole nitrogens is 1. The molecule has 12 nitrogen and oxygen atoms in total. The topological polar surface area (TPSA) is 208 Å². The first kappa shape index (κ1) is 34.2. The number of likely N-dealkylation sites (tertiary alicyclic amines) is 1. The van der Waals surface area contributed by atoms with Crippen LogP contribution in [0.4, 0.5) is 32.0 Å². The molecule has 4 atom stereocenters. The zero-order valence-corrected chi connectivity index (χ0v) is 25.4. The minimum absolute atomic E-state index is 0.00457. The Balaban J connectivity index is 0.000000253. The SMILES string of the molecule is NC(N)=Nc1ccc2[nH]c3c(c2c1)C[C@]1(O)[C@@H]2Cc4ccc(O)c5c4[C@]1(CCN2CC1CC1)[C@H]3O5.O=C(O)C(F)(F)F.O=C(O)C(F)(F)F. The first-order chi connectivity index (χ1) is 22.8. The van der Waals surface area contributed by atoms with Crippen molar-refractivity contribution in [3.8, 4) is 11.5 Å². The number of aliphatic imine (C=N–C) groups is 1. The van der Waals surface area contributed by atoms with Crippen molar-refractivity contribution in [2.75, 3.05) is 13.1 Å². The van der Waals surface area contributed by atoms with E-state index in [0.717, 1.165) is 59.6 Å². The van der Waals surface area contributed by atoms with Gasteiger partial charge in [0.05, 0.1) is 22.4 Å². The summed E-state index contributed by atoms with van der Waals surface area (Å²) in [5.74, 6) is -4.05. The van der Waals surface area contributed by atoms with Crippen LogP contribution in [0.5, 0.6) is 11.5 Å². The van der Waals surface area contributed by atoms with Crippen LogP contribution in [-0.2, 0) is 27.8 Å². The molecule has 8 rings (SSSR count). The van der Waals surface area contributed by atoms with E-state index in [-0.39, 0.29) is 23.9 Å². The molecule has 2 aromatic carbocycles. The van der Waals surface area contributed by atoms with E-state index >= 15 is 0 Å². The normalized spacial score (nSPS) is 26.2. The molecule has 0 radical (unpaired) electrons. The number of alkyl halides is 6. The summed E-state index contributed by atoms with van der Waals surface area (Å²) in [4.78, 5) is 28.2. The number of halogens is 6. The molecule has 2 aliphatic heterocycles. The van der Waals surface area contributed by atoms with Gasteiger partial charge in [0.2, 0.25) is 0 Å². The van der Waals surface area contributed by atoms with Crippen molar-refractivity contribution < 1.29 is 61.1 Å². The van der Waals surface area contributed by atoms with Crippen molar-refractivity contribution in [2.45, 2.75) is 67.6 Å². The fourth-order valence-electron chi connectivity index (χ4n) is 7.83. The smallest absolute Gasteiger partial charge is 0.490 e. The number of aromatic nitrogens is 1. The zero-order chi connectivity index (χ0) is 35.8. The van der Waals surface area contributed by atoms with E-state index in [9.17, 15) is 36.6 Å². The highest BCUT2D eigenvalue weighted by atomic mass is 19.4. The van der Waals surface area contributed by atoms with E-state index < -0.39 is 35.3 Å². The summed E-state index contributed by atoms with van der Waals surface area (Å²) in [7, 11) is 0. The lowest BCUT2D eigenvalue weighted by molar-refractivity contribution is -0.193. The van der Waals surface area contributed by atoms with Crippen LogP contribution in [0, 0.1) is 5.92 Å². The quantitative estimate of drug-likeness (QED) is 0.120. The number of ether oxygens (including phenoxy) is 1. The van der Waals surface area contributed by atoms with E-state index in [2.05, 4.69) is 14.9 Å². The summed E-state index contributed by atoms with van der Waals surface area (Å²) in [6, 6.07) is 9.64. The van der Waals surface area contributed by atoms with Crippen molar-refractivity contribution in [3.05, 3.63) is 52.7 Å². The molecule has 264 valence electrons. The molecule has 5 aliphatic rings. The molecule has 0 amide bonds. The molecule has 3 aromatic rings. The molecule has 1 saturated heterocycles. The maximum atomic E-state index is 12.9. The van der Waals surface area contributed by atoms with Crippen LogP contribution >= 0.6 is 0 Å². The molecule has 1 saturated carbocycles. The van der Waals surface area contributed by atoms with Gasteiger partial charge in [-0.15, -0.1) is 0 Å². The van der Waals surface area contributed by atoms with Crippen LogP contribution in [0.2, 0.25) is 0 Å². The van der Waals surface area contributed by atoms with Gasteiger partial charge in [0, 0.05) is 35.5 Å². The van der Waals surface area contributed by atoms with Crippen LogP contribution in [-0.4, -0.2) is 85.3 Å². The van der Waals surface area contributed by atoms with Gasteiger partial charge in [-0.2, -0.15) is 26.3 Å². The first-order valence-corrected chi connectivity index (χ1v) is 15.1. The van der Waals surface area contributed by atoms with Gasteiger partial charge in [-0.25, -0.2) is 14.6 Å². The van der Waals surface area contributed by atoms with Gasteiger partial charge in [0.1, 0.15) is 0 Å². The maximum absolute atomic E-state index is 12.9. The number of phenols is 1. The number of guanidine groups is 1. The fourth-order valence-corrected chi connectivity index (χ4v) is 7.83. The van der Waals surface area contributed by atoms with Crippen molar-refractivity contribution in [2.24, 2.45) is 22.4 Å². The Morgan fingerprint density at radius 1 is 1.04 bits per heavy atom. The highest BCUT2D eigenvalue weighted by Gasteiger charge is 2.72. The van der Waals surface area contributed by atoms with E-state index in [1.54, 1.807) is 6.07 Å². The Morgan fingerprint density at radius 3 is 2.24 bits per heavy atom. The summed E-state index contributed by atoms with van der Waals surface area (Å²) < 4.78 is 70.1. The van der Waals surface area contributed by atoms with Crippen molar-refractivity contribution in [3.63, 3.8) is 0 Å². The lowest BCUT2D eigenvalue weighted by Gasteiger charge is -2.62. The van der Waals surface area contributed by atoms with E-state index in [0.29, 0.717) is 17.9 Å². The average Bonchev–Trinajstić information content (AvgIpc) is 3.64. The van der Waals surface area contributed by atoms with Gasteiger partial charge >= 0.3 is 24.3 Å². The van der Waals surface area contributed by atoms with E-state index in [1.807, 2.05) is 24.3 Å². The number of hydrogen-bond donors (Lipinski definition) is 7. The predicted molar refractivity (Wildman–Crippen MR) is 159 cm³/mol. The third-order valence-corrected chi connectivity index (χ3v) is 9.89. The standard InChI is InChI=1S/C27H29N5O3.2C2HF3O2/c28-25(29)30-15-4-5-18-16(10-15)17-11-27(34)20-9-14-3-6-19(33)23-21(14)26(27,24(35-23)22(17)31-18)7-8-32(20)12-13-1-2-13;2*3-2(4,5)1(6)7/h3-6,10,13,20,24,31,33-34H,1-2,7-9,11-12H2,(H4,28,29,30);2*(H,6,7)/t20-,24-,26+,27-;;/m0../s1. The number of aromatic amines is 1. The number of fused-ring (bicyclic) bond motifs is 4. The molecule has 1 spiro atoms. The highest BCUT2D eigenvalue weighted by Crippen LogP contribution is 2.69. The molecule has 0 unspecified atom stereocenters. The molecular formula is C31H31F6N5O7. The van der Waals surface area contributed by atoms with Crippen LogP contribution < -0.4 is 16.2 Å². The molecule has 3 heterocycles. The number of phenolic OH excluding ortho intramolecular Hbond substituents is 1. The zero-order valence-electron chi connectivity index (χ0n) is 25.4. The number of carboxylic acid groups (broad SMARTS) is 2. The van der Waals surface area contributed by atoms with Gasteiger partial charge in [0.25, 0.3) is 0 Å². The van der Waals surface area contributed by atoms with Gasteiger partial charge in [0.15, 0.2) is 23.6 Å². The second-order valence-electron chi connectivity index (χ2n) is 12.8. The predicted octanol–water partition coefficient (Wildman–Crippen LogP) is 3.74. The third kappa shape index (κ3) is 5.65. The number of nitrogens with two attached hydrogens (primary N) is 2. The number of hydrogen-bond acceptors (Lipinski definition) is 7. The summed E-state index contributed by atoms with van der Waals surface area (Å²) in [6.45, 7) is 1.98. The number of rotatable bonds is 3. The van der Waals surface area contributed by atoms with E-state index in [4.69, 9.17) is 36.0 Å². The molecule has 2 bridgehead atoms. The Labute approximate surface area is 273 Å². The van der Waals surface area contributed by atoms with Gasteiger partial charge in [-0.3, -0.25) is 4.90 Å². The van der Waals surface area contributed by atoms with Crippen molar-refractivity contribution in [1.82, 2.24) is 9.88 Å². The van der Waals surface area contributed by atoms with Crippen LogP contribution in [0.25, 0.3) is 10.9 Å². The van der Waals surface area contributed by atoms with Gasteiger partial charge in [-0.05, 0) is 73.5 Å². The average molecular weight is 700 g/mol. The summed E-state index contributed by atoms with van der Waals surface area (Å²) in [5.41, 5.74) is 15.6. The maximum Gasteiger partial charge on any atom is 0.490 e. The van der Waals surface area contributed by atoms with Crippen LogP contribution in [0.15, 0.2) is 35.3 Å². The summed E-state index contributed by atoms with van der Waals surface area (Å²) in [6.07, 6.45) is -5.90. The fraction of sp³-hybridized carbons (Fsp3) is 0.452. The van der Waals surface area contributed by atoms with Crippen LogP contribution in [0.1, 0.15) is 47.8 Å². The Morgan fingerprint density at radius 2 is 1.67 bits per heavy atom. The minimum atomic E-state index is -5.08. The largest absolute Gasteiger partial charge is 0.504 e. The highest BCUT2D eigenvalue weighted by molar-refractivity contribution is 5.90. The number of benzene rings is 2. The van der Waals surface area contributed by atoms with Gasteiger partial charge < -0.3 is 41.6 Å². The summed E-state index contributed by atoms with van der Waals surface area (Å²) in [5, 5.41) is 38.9. The Bertz CT molecular complexity index is 1850. The molecule has 9 N–H and O–H groups in total. The molecule has 2 fully saturated rings. The Kier molecular flexibility index (Phi) is 7.97. The minimum Gasteiger partial charge on any atom is -0.504 e. The number of aromatic hydroxyl groups is 1. The van der Waals surface area contributed by atoms with Crippen molar-refractivity contribution >= 4 is 34.5 Å². The number of nitrogens with one attached hydrogen (secondary N) is 1. The van der Waals surface area contributed by atoms with Gasteiger partial charge in [-0.1, -0.05) is 6.07 Å². The van der Waals surface area contributed by atoms with Crippen LogP contribution in [0.3, 0.4) is 0 Å². The second-order valence-corrected chi connectivity index (χ2v) is 12.8. The number of piperidine rings is 1. The first-order valence-electron chi connectivity index (χ1n) is 15.1. The molecular weight excluding hydrogens is 668 g/mol. The number of nitrogens with zero attached hydrogens (tertiary/aromatic N) is 2.